The Labute approximate surface area is 146 Å². The van der Waals surface area contributed by atoms with Gasteiger partial charge in [0.05, 0.1) is 10.5 Å². The molecule has 0 spiro atoms. The van der Waals surface area contributed by atoms with E-state index in [-0.39, 0.29) is 18.8 Å². The van der Waals surface area contributed by atoms with Crippen LogP contribution in [-0.4, -0.2) is 86.5 Å². The van der Waals surface area contributed by atoms with Gasteiger partial charge in [-0.15, -0.1) is 0 Å². The van der Waals surface area contributed by atoms with Gasteiger partial charge in [0.15, 0.2) is 15.8 Å². The molecule has 1 heterocycles. The molecule has 0 aromatic rings. The summed E-state index contributed by atoms with van der Waals surface area (Å²) in [6.45, 7) is 4.12. The highest BCUT2D eigenvalue weighted by Gasteiger charge is 2.41. The lowest BCUT2D eigenvalue weighted by Crippen LogP contribution is -2.57. The summed E-state index contributed by atoms with van der Waals surface area (Å²) in [5.41, 5.74) is 0. The van der Waals surface area contributed by atoms with Gasteiger partial charge in [0.2, 0.25) is 5.91 Å². The zero-order valence-electron chi connectivity index (χ0n) is 14.9. The number of hydrogen-bond donors (Lipinski definition) is 1. The zero-order chi connectivity index (χ0) is 19.5. The van der Waals surface area contributed by atoms with Gasteiger partial charge in [-0.05, 0) is 20.8 Å². The third-order valence-corrected chi connectivity index (χ3v) is 6.42. The summed E-state index contributed by atoms with van der Waals surface area (Å²) in [4.78, 5) is 18.2. The molecule has 0 unspecified atom stereocenters. The number of likely N-dealkylation sites (N-methyl/N-ethyl adjacent to an activating group) is 1. The van der Waals surface area contributed by atoms with Gasteiger partial charge < -0.3 is 15.1 Å². The normalized spacial score (nSPS) is 20.3. The maximum Gasteiger partial charge on any atom is 0.406 e. The molecule has 146 valence electrons. The van der Waals surface area contributed by atoms with Crippen molar-refractivity contribution in [3.8, 4) is 0 Å². The predicted molar refractivity (Wildman–Crippen MR) is 89.1 cm³/mol. The first-order valence-electron chi connectivity index (χ1n) is 7.85. The quantitative estimate of drug-likeness (QED) is 0.562. The SMILES string of the molecule is CCNC(=NCC(=O)N(C)CC(F)(F)F)N1CCS(=O)(=O)C(C)(C)C1. The van der Waals surface area contributed by atoms with Crippen molar-refractivity contribution in [1.29, 1.82) is 0 Å². The molecule has 0 saturated carbocycles. The Morgan fingerprint density at radius 1 is 1.36 bits per heavy atom. The molecule has 0 bridgehead atoms. The van der Waals surface area contributed by atoms with Crippen molar-refractivity contribution in [2.24, 2.45) is 4.99 Å². The Morgan fingerprint density at radius 3 is 2.44 bits per heavy atom. The molecule has 1 rings (SSSR count). The second kappa shape index (κ2) is 7.79. The third kappa shape index (κ3) is 6.05. The van der Waals surface area contributed by atoms with Crippen LogP contribution in [0.1, 0.15) is 20.8 Å². The lowest BCUT2D eigenvalue weighted by atomic mass is 10.2. The highest BCUT2D eigenvalue weighted by Crippen LogP contribution is 2.23. The van der Waals surface area contributed by atoms with E-state index in [0.29, 0.717) is 17.4 Å². The Balaban J connectivity index is 2.83. The maximum absolute atomic E-state index is 12.3. The highest BCUT2D eigenvalue weighted by atomic mass is 32.2. The van der Waals surface area contributed by atoms with Crippen LogP contribution < -0.4 is 5.32 Å². The number of carbonyl (C=O) groups excluding carboxylic acids is 1. The van der Waals surface area contributed by atoms with Crippen LogP contribution in [0, 0.1) is 0 Å². The Bertz CT molecular complexity index is 617. The minimum Gasteiger partial charge on any atom is -0.357 e. The van der Waals surface area contributed by atoms with Crippen LogP contribution in [0.25, 0.3) is 0 Å². The van der Waals surface area contributed by atoms with Gasteiger partial charge in [-0.2, -0.15) is 13.2 Å². The first-order chi connectivity index (χ1) is 11.3. The fraction of sp³-hybridized carbons (Fsp3) is 0.857. The van der Waals surface area contributed by atoms with Crippen LogP contribution in [0.2, 0.25) is 0 Å². The molecule has 1 aliphatic heterocycles. The Hall–Kier alpha value is -1.52. The van der Waals surface area contributed by atoms with Crippen molar-refractivity contribution in [1.82, 2.24) is 15.1 Å². The average molecular weight is 386 g/mol. The summed E-state index contributed by atoms with van der Waals surface area (Å²) in [5.74, 6) is -0.498. The first-order valence-corrected chi connectivity index (χ1v) is 9.50. The fourth-order valence-electron chi connectivity index (χ4n) is 2.37. The number of amides is 1. The van der Waals surface area contributed by atoms with E-state index in [0.717, 1.165) is 7.05 Å². The van der Waals surface area contributed by atoms with E-state index < -0.39 is 39.8 Å². The third-order valence-electron chi connectivity index (χ3n) is 3.88. The number of nitrogens with one attached hydrogen (secondary N) is 1. The smallest absolute Gasteiger partial charge is 0.357 e. The van der Waals surface area contributed by atoms with E-state index in [9.17, 15) is 26.4 Å². The van der Waals surface area contributed by atoms with Crippen LogP contribution in [0.4, 0.5) is 13.2 Å². The lowest BCUT2D eigenvalue weighted by Gasteiger charge is -2.39. The topological polar surface area (TPSA) is 82.1 Å². The largest absolute Gasteiger partial charge is 0.406 e. The van der Waals surface area contributed by atoms with Crippen LogP contribution >= 0.6 is 0 Å². The summed E-state index contributed by atoms with van der Waals surface area (Å²) in [5, 5.41) is 2.95. The fourth-order valence-corrected chi connectivity index (χ4v) is 3.74. The maximum atomic E-state index is 12.3. The number of hydrogen-bond acceptors (Lipinski definition) is 4. The summed E-state index contributed by atoms with van der Waals surface area (Å²) in [7, 11) is -2.17. The molecule has 0 aromatic carbocycles. The van der Waals surface area contributed by atoms with E-state index in [2.05, 4.69) is 10.3 Å². The van der Waals surface area contributed by atoms with Crippen molar-refractivity contribution in [3.63, 3.8) is 0 Å². The van der Waals surface area contributed by atoms with Crippen molar-refractivity contribution >= 4 is 21.7 Å². The molecule has 1 aliphatic rings. The first kappa shape index (κ1) is 21.5. The van der Waals surface area contributed by atoms with E-state index >= 15 is 0 Å². The lowest BCUT2D eigenvalue weighted by molar-refractivity contribution is -0.157. The molecule has 0 aliphatic carbocycles. The number of carbonyl (C=O) groups is 1. The van der Waals surface area contributed by atoms with E-state index in [1.165, 1.54) is 0 Å². The average Bonchev–Trinajstić information content (AvgIpc) is 2.44. The molecule has 7 nitrogen and oxygen atoms in total. The van der Waals surface area contributed by atoms with Gasteiger partial charge in [0.1, 0.15) is 13.1 Å². The molecule has 25 heavy (non-hydrogen) atoms. The van der Waals surface area contributed by atoms with Crippen molar-refractivity contribution < 1.29 is 26.4 Å². The zero-order valence-corrected chi connectivity index (χ0v) is 15.7. The minimum absolute atomic E-state index is 0.0493. The second-order valence-electron chi connectivity index (χ2n) is 6.54. The van der Waals surface area contributed by atoms with Gasteiger partial charge in [-0.1, -0.05) is 0 Å². The van der Waals surface area contributed by atoms with Gasteiger partial charge in [-0.25, -0.2) is 13.4 Å². The number of nitrogens with zero attached hydrogens (tertiary/aromatic N) is 3. The van der Waals surface area contributed by atoms with Gasteiger partial charge >= 0.3 is 6.18 Å². The monoisotopic (exact) mass is 386 g/mol. The second-order valence-corrected chi connectivity index (χ2v) is 9.28. The summed E-state index contributed by atoms with van der Waals surface area (Å²) in [6.07, 6.45) is -4.47. The number of halogens is 3. The number of alkyl halides is 3. The Morgan fingerprint density at radius 2 is 1.96 bits per heavy atom. The molecular weight excluding hydrogens is 361 g/mol. The van der Waals surface area contributed by atoms with Gasteiger partial charge in [0, 0.05) is 26.7 Å². The van der Waals surface area contributed by atoms with Crippen LogP contribution in [-0.2, 0) is 14.6 Å². The van der Waals surface area contributed by atoms with Crippen molar-refractivity contribution in [3.05, 3.63) is 0 Å². The van der Waals surface area contributed by atoms with E-state index in [1.807, 2.05) is 0 Å². The number of sulfone groups is 1. The molecule has 0 radical (unpaired) electrons. The summed E-state index contributed by atoms with van der Waals surface area (Å²) >= 11 is 0. The number of guanidine groups is 1. The molecule has 1 saturated heterocycles. The number of rotatable bonds is 4. The van der Waals surface area contributed by atoms with Gasteiger partial charge in [0.25, 0.3) is 0 Å². The molecule has 1 N–H and O–H groups in total. The van der Waals surface area contributed by atoms with Crippen molar-refractivity contribution in [2.75, 3.05) is 45.5 Å². The van der Waals surface area contributed by atoms with E-state index in [4.69, 9.17) is 0 Å². The molecule has 11 heteroatoms. The predicted octanol–water partition coefficient (Wildman–Crippen LogP) is 0.482. The molecule has 1 fully saturated rings. The number of aliphatic imine (C=N–C) groups is 1. The molecular formula is C14H25F3N4O3S. The summed E-state index contributed by atoms with van der Waals surface area (Å²) < 4.78 is 60.1. The van der Waals surface area contributed by atoms with Crippen LogP contribution in [0.15, 0.2) is 4.99 Å². The molecule has 0 aromatic heterocycles. The Kier molecular flexibility index (Phi) is 6.71. The van der Waals surface area contributed by atoms with Crippen molar-refractivity contribution in [2.45, 2.75) is 31.7 Å². The molecule has 1 amide bonds. The van der Waals surface area contributed by atoms with Gasteiger partial charge in [-0.3, -0.25) is 4.79 Å². The van der Waals surface area contributed by atoms with Crippen LogP contribution in [0.3, 0.4) is 0 Å². The minimum atomic E-state index is -4.47. The standard InChI is InChI=1S/C14H25F3N4O3S/c1-5-18-12(19-8-11(22)20(4)10-14(15,16)17)21-6-7-25(23,24)13(2,3)9-21/h5-10H2,1-4H3,(H,18,19). The van der Waals surface area contributed by atoms with E-state index in [1.54, 1.807) is 25.7 Å². The molecule has 0 atom stereocenters. The highest BCUT2D eigenvalue weighted by molar-refractivity contribution is 7.92. The summed E-state index contributed by atoms with van der Waals surface area (Å²) in [6, 6.07) is 0. The van der Waals surface area contributed by atoms with Crippen LogP contribution in [0.5, 0.6) is 0 Å².